The van der Waals surface area contributed by atoms with E-state index in [0.29, 0.717) is 16.5 Å². The number of rotatable bonds is 5. The van der Waals surface area contributed by atoms with Gasteiger partial charge in [0.25, 0.3) is 5.91 Å². The Morgan fingerprint density at radius 1 is 1.17 bits per heavy atom. The van der Waals surface area contributed by atoms with Crippen molar-refractivity contribution >= 4 is 46.5 Å². The highest BCUT2D eigenvalue weighted by Crippen LogP contribution is 2.15. The van der Waals surface area contributed by atoms with Gasteiger partial charge in [-0.15, -0.1) is 0 Å². The van der Waals surface area contributed by atoms with Crippen LogP contribution in [0, 0.1) is 0 Å². The van der Waals surface area contributed by atoms with E-state index in [1.807, 2.05) is 0 Å². The zero-order valence-corrected chi connectivity index (χ0v) is 13.8. The van der Waals surface area contributed by atoms with Gasteiger partial charge in [0.15, 0.2) is 11.7 Å². The van der Waals surface area contributed by atoms with Gasteiger partial charge in [-0.1, -0.05) is 23.7 Å². The monoisotopic (exact) mass is 363 g/mol. The number of aromatic carboxylic acids is 1. The molecule has 0 aromatic heterocycles. The molecule has 8 heteroatoms. The summed E-state index contributed by atoms with van der Waals surface area (Å²) in [5.41, 5.74) is 0.417. The molecule has 6 nitrogen and oxygen atoms in total. The largest absolute Gasteiger partial charge is 0.545 e. The van der Waals surface area contributed by atoms with E-state index in [1.165, 1.54) is 18.2 Å². The summed E-state index contributed by atoms with van der Waals surface area (Å²) in [5.74, 6) is -1.27. The number of benzene rings is 2. The number of carboxylic acids is 1. The number of nitrogens with one attached hydrogen (secondary N) is 2. The quantitative estimate of drug-likeness (QED) is 0.784. The molecular formula is C16H12ClN2O4S-. The average Bonchev–Trinajstić information content (AvgIpc) is 2.54. The summed E-state index contributed by atoms with van der Waals surface area (Å²) in [5, 5.41) is 16.5. The third kappa shape index (κ3) is 5.53. The number of carbonyl (C=O) groups is 2. The van der Waals surface area contributed by atoms with Crippen LogP contribution >= 0.6 is 23.8 Å². The van der Waals surface area contributed by atoms with Crippen LogP contribution in [0.4, 0.5) is 5.69 Å². The highest BCUT2D eigenvalue weighted by Gasteiger charge is 2.06. The van der Waals surface area contributed by atoms with Crippen LogP contribution in [-0.4, -0.2) is 23.6 Å². The molecule has 0 aliphatic rings. The molecule has 2 aromatic rings. The molecule has 0 radical (unpaired) electrons. The number of thiocarbonyl (C=S) groups is 1. The summed E-state index contributed by atoms with van der Waals surface area (Å²) in [4.78, 5) is 22.6. The maximum absolute atomic E-state index is 11.8. The number of hydrogen-bond acceptors (Lipinski definition) is 5. The van der Waals surface area contributed by atoms with Crippen LogP contribution in [0.15, 0.2) is 48.5 Å². The lowest BCUT2D eigenvalue weighted by Crippen LogP contribution is -2.37. The van der Waals surface area contributed by atoms with Crippen LogP contribution in [0.5, 0.6) is 5.75 Å². The maximum atomic E-state index is 11.8. The molecule has 0 atom stereocenters. The van der Waals surface area contributed by atoms with E-state index in [-0.39, 0.29) is 17.3 Å². The zero-order chi connectivity index (χ0) is 17.5. The van der Waals surface area contributed by atoms with Gasteiger partial charge in [0.2, 0.25) is 0 Å². The second-order valence-corrected chi connectivity index (χ2v) is 5.46. The fraction of sp³-hybridized carbons (Fsp3) is 0.0625. The van der Waals surface area contributed by atoms with Crippen LogP contribution in [0.3, 0.4) is 0 Å². The summed E-state index contributed by atoms with van der Waals surface area (Å²) in [6.45, 7) is -0.234. The Hall–Kier alpha value is -2.64. The van der Waals surface area contributed by atoms with Crippen molar-refractivity contribution in [3.05, 3.63) is 59.1 Å². The molecule has 0 heterocycles. The van der Waals surface area contributed by atoms with Crippen LogP contribution < -0.4 is 20.5 Å². The van der Waals surface area contributed by atoms with Crippen LogP contribution in [0.2, 0.25) is 5.02 Å². The minimum absolute atomic E-state index is 0.000184. The zero-order valence-electron chi connectivity index (χ0n) is 12.2. The molecule has 0 saturated heterocycles. The lowest BCUT2D eigenvalue weighted by molar-refractivity contribution is -0.255. The minimum Gasteiger partial charge on any atom is -0.545 e. The first-order valence-electron chi connectivity index (χ1n) is 6.74. The minimum atomic E-state index is -1.30. The molecule has 124 valence electrons. The van der Waals surface area contributed by atoms with Crippen molar-refractivity contribution in [3.8, 4) is 5.75 Å². The molecule has 0 aliphatic heterocycles. The molecule has 0 saturated carbocycles. The van der Waals surface area contributed by atoms with E-state index in [0.717, 1.165) is 0 Å². The molecule has 1 amide bonds. The van der Waals surface area contributed by atoms with Gasteiger partial charge in [0, 0.05) is 10.7 Å². The maximum Gasteiger partial charge on any atom is 0.264 e. The van der Waals surface area contributed by atoms with Gasteiger partial charge in [-0.05, 0) is 54.2 Å². The van der Waals surface area contributed by atoms with Crippen molar-refractivity contribution in [2.75, 3.05) is 11.9 Å². The fourth-order valence-corrected chi connectivity index (χ4v) is 2.09. The molecule has 0 fully saturated rings. The Morgan fingerprint density at radius 3 is 2.54 bits per heavy atom. The lowest BCUT2D eigenvalue weighted by atomic mass is 10.2. The third-order valence-electron chi connectivity index (χ3n) is 2.79. The van der Waals surface area contributed by atoms with Gasteiger partial charge in [-0.25, -0.2) is 0 Å². The summed E-state index contributed by atoms with van der Waals surface area (Å²) >= 11 is 10.7. The second-order valence-electron chi connectivity index (χ2n) is 4.61. The van der Waals surface area contributed by atoms with Gasteiger partial charge < -0.3 is 20.0 Å². The second kappa shape index (κ2) is 8.28. The standard InChI is InChI=1S/C16H13ClN2O4S/c17-11-4-6-13(7-5-11)23-9-14(20)19-16(24)18-12-3-1-2-10(8-12)15(21)22/h1-8H,9H2,(H,21,22)(H2,18,19,20,24)/p-1. The highest BCUT2D eigenvalue weighted by molar-refractivity contribution is 7.80. The molecule has 24 heavy (non-hydrogen) atoms. The summed E-state index contributed by atoms with van der Waals surface area (Å²) in [7, 11) is 0. The topological polar surface area (TPSA) is 90.5 Å². The van der Waals surface area contributed by atoms with Crippen LogP contribution in [0.1, 0.15) is 10.4 Å². The van der Waals surface area contributed by atoms with Crippen molar-refractivity contribution in [2.24, 2.45) is 0 Å². The first kappa shape index (κ1) is 17.7. The van der Waals surface area contributed by atoms with Crippen molar-refractivity contribution < 1.29 is 19.4 Å². The number of anilines is 1. The van der Waals surface area contributed by atoms with E-state index in [2.05, 4.69) is 10.6 Å². The Balaban J connectivity index is 1.83. The third-order valence-corrected chi connectivity index (χ3v) is 3.25. The molecule has 2 rings (SSSR count). The molecule has 0 aliphatic carbocycles. The summed E-state index contributed by atoms with van der Waals surface area (Å²) < 4.78 is 5.28. The van der Waals surface area contributed by atoms with Crippen molar-refractivity contribution in [1.29, 1.82) is 0 Å². The SMILES string of the molecule is O=C(COc1ccc(Cl)cc1)NC(=S)Nc1cccc(C(=O)[O-])c1. The smallest absolute Gasteiger partial charge is 0.264 e. The van der Waals surface area contributed by atoms with E-state index >= 15 is 0 Å². The number of carboxylic acid groups (broad SMARTS) is 1. The fourth-order valence-electron chi connectivity index (χ4n) is 1.73. The number of ether oxygens (including phenoxy) is 1. The normalized spacial score (nSPS) is 9.88. The molecular weight excluding hydrogens is 352 g/mol. The first-order valence-corrected chi connectivity index (χ1v) is 7.53. The lowest BCUT2D eigenvalue weighted by Gasteiger charge is -2.11. The van der Waals surface area contributed by atoms with E-state index in [1.54, 1.807) is 30.3 Å². The molecule has 0 unspecified atom stereocenters. The molecule has 0 spiro atoms. The Morgan fingerprint density at radius 2 is 1.88 bits per heavy atom. The number of hydrogen-bond donors (Lipinski definition) is 2. The van der Waals surface area contributed by atoms with Gasteiger partial charge in [-0.2, -0.15) is 0 Å². The van der Waals surface area contributed by atoms with Crippen molar-refractivity contribution in [1.82, 2.24) is 5.32 Å². The molecule has 2 aromatic carbocycles. The average molecular weight is 364 g/mol. The molecule has 0 bridgehead atoms. The van der Waals surface area contributed by atoms with E-state index in [4.69, 9.17) is 28.6 Å². The van der Waals surface area contributed by atoms with Gasteiger partial charge in [0.05, 0.1) is 5.97 Å². The highest BCUT2D eigenvalue weighted by atomic mass is 35.5. The number of carbonyl (C=O) groups excluding carboxylic acids is 2. The summed E-state index contributed by atoms with van der Waals surface area (Å²) in [6.07, 6.45) is 0. The Bertz CT molecular complexity index is 765. The predicted molar refractivity (Wildman–Crippen MR) is 92.1 cm³/mol. The summed E-state index contributed by atoms with van der Waals surface area (Å²) in [6, 6.07) is 12.4. The van der Waals surface area contributed by atoms with Gasteiger partial charge >= 0.3 is 0 Å². The van der Waals surface area contributed by atoms with E-state index < -0.39 is 11.9 Å². The predicted octanol–water partition coefficient (Wildman–Crippen LogP) is 1.60. The number of amides is 1. The van der Waals surface area contributed by atoms with Gasteiger partial charge in [0.1, 0.15) is 5.75 Å². The first-order chi connectivity index (χ1) is 11.4. The van der Waals surface area contributed by atoms with Gasteiger partial charge in [-0.3, -0.25) is 10.1 Å². The number of halogens is 1. The van der Waals surface area contributed by atoms with Crippen molar-refractivity contribution in [2.45, 2.75) is 0 Å². The molecule has 2 N–H and O–H groups in total. The Labute approximate surface area is 148 Å². The van der Waals surface area contributed by atoms with Crippen LogP contribution in [0.25, 0.3) is 0 Å². The Kier molecular flexibility index (Phi) is 6.11. The van der Waals surface area contributed by atoms with E-state index in [9.17, 15) is 14.7 Å². The van der Waals surface area contributed by atoms with Crippen molar-refractivity contribution in [3.63, 3.8) is 0 Å². The van der Waals surface area contributed by atoms with Crippen LogP contribution in [-0.2, 0) is 4.79 Å².